The fourth-order valence-corrected chi connectivity index (χ4v) is 3.72. The second-order valence-electron chi connectivity index (χ2n) is 6.74. The van der Waals surface area contributed by atoms with Crippen molar-refractivity contribution in [1.29, 1.82) is 0 Å². The number of fused-ring (bicyclic) bond motifs is 1. The van der Waals surface area contributed by atoms with Gasteiger partial charge in [0.1, 0.15) is 17.2 Å². The van der Waals surface area contributed by atoms with Crippen LogP contribution in [0.2, 0.25) is 0 Å². The molecule has 3 rings (SSSR count). The lowest BCUT2D eigenvalue weighted by atomic mass is 9.95. The number of hydrogen-bond donors (Lipinski definition) is 0. The molecule has 5 heteroatoms. The Bertz CT molecular complexity index is 831. The molecular weight excluding hydrogens is 342 g/mol. The molecule has 144 valence electrons. The topological polar surface area (TPSA) is 48.0 Å². The van der Waals surface area contributed by atoms with E-state index in [4.69, 9.17) is 14.2 Å². The number of carbonyl (C=O) groups is 1. The molecule has 0 N–H and O–H groups in total. The van der Waals surface area contributed by atoms with Gasteiger partial charge in [0.25, 0.3) is 0 Å². The molecule has 1 aliphatic rings. The summed E-state index contributed by atoms with van der Waals surface area (Å²) in [6, 6.07) is 9.68. The lowest BCUT2D eigenvalue weighted by Crippen LogP contribution is -2.36. The average molecular weight is 369 g/mol. The van der Waals surface area contributed by atoms with Crippen LogP contribution in [0.5, 0.6) is 17.2 Å². The van der Waals surface area contributed by atoms with Crippen LogP contribution < -0.4 is 19.1 Å². The summed E-state index contributed by atoms with van der Waals surface area (Å²) in [4.78, 5) is 15.0. The first kappa shape index (κ1) is 19.1. The van der Waals surface area contributed by atoms with Crippen molar-refractivity contribution >= 4 is 11.6 Å². The van der Waals surface area contributed by atoms with E-state index in [0.717, 1.165) is 47.9 Å². The van der Waals surface area contributed by atoms with Gasteiger partial charge in [0.15, 0.2) is 0 Å². The number of methoxy groups -OCH3 is 3. The molecule has 1 amide bonds. The predicted octanol–water partition coefficient (Wildman–Crippen LogP) is 3.93. The molecule has 0 saturated heterocycles. The van der Waals surface area contributed by atoms with E-state index < -0.39 is 0 Å². The fourth-order valence-electron chi connectivity index (χ4n) is 3.72. The highest BCUT2D eigenvalue weighted by atomic mass is 16.5. The summed E-state index contributed by atoms with van der Waals surface area (Å²) in [6.45, 7) is 2.81. The molecule has 0 aliphatic carbocycles. The van der Waals surface area contributed by atoms with Gasteiger partial charge in [-0.2, -0.15) is 0 Å². The number of benzene rings is 2. The zero-order valence-electron chi connectivity index (χ0n) is 16.5. The maximum atomic E-state index is 13.1. The Morgan fingerprint density at radius 1 is 1.04 bits per heavy atom. The van der Waals surface area contributed by atoms with Crippen LogP contribution in [0.15, 0.2) is 30.3 Å². The quantitative estimate of drug-likeness (QED) is 0.774. The summed E-state index contributed by atoms with van der Waals surface area (Å²) < 4.78 is 16.3. The second-order valence-corrected chi connectivity index (χ2v) is 6.74. The van der Waals surface area contributed by atoms with Gasteiger partial charge in [0.2, 0.25) is 5.91 Å². The number of hydrogen-bond acceptors (Lipinski definition) is 4. The standard InChI is InChI=1S/C22H27NO4/c1-15-7-10-20(27-4)22-18(15)6-5-13-23(22)21(24)12-8-16-14-17(25-2)9-11-19(16)26-3/h7,9-11,14H,5-6,8,12-13H2,1-4H3. The number of nitrogens with zero attached hydrogens (tertiary/aromatic N) is 1. The molecule has 2 aromatic carbocycles. The smallest absolute Gasteiger partial charge is 0.227 e. The molecule has 1 heterocycles. The third kappa shape index (κ3) is 3.87. The number of rotatable bonds is 6. The van der Waals surface area contributed by atoms with Gasteiger partial charge in [-0.05, 0) is 67.1 Å². The van der Waals surface area contributed by atoms with Crippen LogP contribution in [-0.2, 0) is 17.6 Å². The zero-order valence-corrected chi connectivity index (χ0v) is 16.5. The maximum absolute atomic E-state index is 13.1. The van der Waals surface area contributed by atoms with Crippen molar-refractivity contribution in [3.63, 3.8) is 0 Å². The second kappa shape index (κ2) is 8.33. The minimum Gasteiger partial charge on any atom is -0.497 e. The molecular formula is C22H27NO4. The molecule has 0 atom stereocenters. The van der Waals surface area contributed by atoms with Gasteiger partial charge in [-0.1, -0.05) is 6.07 Å². The molecule has 0 fully saturated rings. The third-order valence-corrected chi connectivity index (χ3v) is 5.18. The van der Waals surface area contributed by atoms with E-state index in [0.29, 0.717) is 12.8 Å². The van der Waals surface area contributed by atoms with E-state index in [-0.39, 0.29) is 5.91 Å². The molecule has 0 spiro atoms. The Balaban J connectivity index is 1.82. The number of carbonyl (C=O) groups excluding carboxylic acids is 1. The Morgan fingerprint density at radius 3 is 2.48 bits per heavy atom. The first-order chi connectivity index (χ1) is 13.1. The third-order valence-electron chi connectivity index (χ3n) is 5.18. The van der Waals surface area contributed by atoms with Gasteiger partial charge in [0, 0.05) is 13.0 Å². The van der Waals surface area contributed by atoms with E-state index >= 15 is 0 Å². The summed E-state index contributed by atoms with van der Waals surface area (Å²) in [7, 11) is 4.93. The summed E-state index contributed by atoms with van der Waals surface area (Å²) in [5.41, 5.74) is 4.33. The van der Waals surface area contributed by atoms with E-state index in [1.54, 1.807) is 21.3 Å². The highest BCUT2D eigenvalue weighted by Gasteiger charge is 2.27. The van der Waals surface area contributed by atoms with Crippen molar-refractivity contribution in [2.75, 3.05) is 32.8 Å². The van der Waals surface area contributed by atoms with Crippen molar-refractivity contribution in [1.82, 2.24) is 0 Å². The van der Waals surface area contributed by atoms with Gasteiger partial charge in [-0.25, -0.2) is 0 Å². The molecule has 0 saturated carbocycles. The Kier molecular flexibility index (Phi) is 5.89. The zero-order chi connectivity index (χ0) is 19.4. The maximum Gasteiger partial charge on any atom is 0.227 e. The van der Waals surface area contributed by atoms with Crippen LogP contribution in [0, 0.1) is 6.92 Å². The first-order valence-corrected chi connectivity index (χ1v) is 9.26. The Labute approximate surface area is 160 Å². The van der Waals surface area contributed by atoms with Crippen molar-refractivity contribution in [3.8, 4) is 17.2 Å². The van der Waals surface area contributed by atoms with Crippen molar-refractivity contribution in [3.05, 3.63) is 47.0 Å². The van der Waals surface area contributed by atoms with Gasteiger partial charge >= 0.3 is 0 Å². The SMILES string of the molecule is COc1ccc(OC)c(CCC(=O)N2CCCc3c(C)ccc(OC)c32)c1. The average Bonchev–Trinajstić information content (AvgIpc) is 2.71. The van der Waals surface area contributed by atoms with E-state index in [9.17, 15) is 4.79 Å². The number of anilines is 1. The van der Waals surface area contributed by atoms with Crippen LogP contribution in [0.3, 0.4) is 0 Å². The van der Waals surface area contributed by atoms with Crippen LogP contribution in [0.4, 0.5) is 5.69 Å². The number of aryl methyl sites for hydroxylation is 2. The van der Waals surface area contributed by atoms with Crippen LogP contribution in [0.25, 0.3) is 0 Å². The van der Waals surface area contributed by atoms with Crippen molar-refractivity contribution < 1.29 is 19.0 Å². The monoisotopic (exact) mass is 369 g/mol. The highest BCUT2D eigenvalue weighted by Crippen LogP contribution is 2.38. The van der Waals surface area contributed by atoms with Crippen LogP contribution in [0.1, 0.15) is 29.5 Å². The van der Waals surface area contributed by atoms with Crippen LogP contribution >= 0.6 is 0 Å². The van der Waals surface area contributed by atoms with Crippen molar-refractivity contribution in [2.45, 2.75) is 32.6 Å². The summed E-state index contributed by atoms with van der Waals surface area (Å²) in [5.74, 6) is 2.40. The summed E-state index contributed by atoms with van der Waals surface area (Å²) in [5, 5.41) is 0. The molecule has 1 aliphatic heterocycles. The van der Waals surface area contributed by atoms with Gasteiger partial charge in [-0.3, -0.25) is 4.79 Å². The largest absolute Gasteiger partial charge is 0.497 e. The van der Waals surface area contributed by atoms with E-state index in [1.165, 1.54) is 11.1 Å². The molecule has 0 unspecified atom stereocenters. The Morgan fingerprint density at radius 2 is 1.78 bits per heavy atom. The van der Waals surface area contributed by atoms with Crippen LogP contribution in [-0.4, -0.2) is 33.8 Å². The summed E-state index contributed by atoms with van der Waals surface area (Å²) >= 11 is 0. The lowest BCUT2D eigenvalue weighted by Gasteiger charge is -2.32. The minimum atomic E-state index is 0.102. The first-order valence-electron chi connectivity index (χ1n) is 9.26. The van der Waals surface area contributed by atoms with Gasteiger partial charge in [-0.15, -0.1) is 0 Å². The molecule has 27 heavy (non-hydrogen) atoms. The molecule has 2 aromatic rings. The Hall–Kier alpha value is -2.69. The summed E-state index contributed by atoms with van der Waals surface area (Å²) in [6.07, 6.45) is 2.94. The molecule has 5 nitrogen and oxygen atoms in total. The van der Waals surface area contributed by atoms with E-state index in [2.05, 4.69) is 13.0 Å². The predicted molar refractivity (Wildman–Crippen MR) is 106 cm³/mol. The lowest BCUT2D eigenvalue weighted by molar-refractivity contribution is -0.118. The molecule has 0 radical (unpaired) electrons. The van der Waals surface area contributed by atoms with Gasteiger partial charge in [0.05, 0.1) is 27.0 Å². The number of ether oxygens (including phenoxy) is 3. The van der Waals surface area contributed by atoms with E-state index in [1.807, 2.05) is 29.2 Å². The van der Waals surface area contributed by atoms with Gasteiger partial charge < -0.3 is 19.1 Å². The number of amides is 1. The highest BCUT2D eigenvalue weighted by molar-refractivity contribution is 5.96. The molecule has 0 bridgehead atoms. The molecule has 0 aromatic heterocycles. The minimum absolute atomic E-state index is 0.102. The van der Waals surface area contributed by atoms with Crippen molar-refractivity contribution in [2.24, 2.45) is 0 Å². The normalized spacial score (nSPS) is 13.1. The fraction of sp³-hybridized carbons (Fsp3) is 0.409.